The maximum Gasteiger partial charge on any atom is 0.339 e. The standard InChI is InChI=1S/C16H16N2O3S/c1-21-15(19)11-7-3-4-8-12(11)17-16(20)18-13-9-5-6-10-14(13)22-2/h3-10H,1-2H3,(H2,17,18,20). The minimum Gasteiger partial charge on any atom is -0.465 e. The van der Waals surface area contributed by atoms with Gasteiger partial charge in [-0.3, -0.25) is 0 Å². The van der Waals surface area contributed by atoms with Crippen LogP contribution in [-0.4, -0.2) is 25.4 Å². The Hall–Kier alpha value is -2.47. The Kier molecular flexibility index (Phi) is 5.43. The molecule has 22 heavy (non-hydrogen) atoms. The van der Waals surface area contributed by atoms with E-state index in [4.69, 9.17) is 4.74 Å². The Morgan fingerprint density at radius 3 is 2.23 bits per heavy atom. The van der Waals surface area contributed by atoms with Gasteiger partial charge in [0, 0.05) is 4.90 Å². The van der Waals surface area contributed by atoms with E-state index >= 15 is 0 Å². The molecule has 0 fully saturated rings. The fourth-order valence-corrected chi connectivity index (χ4v) is 2.46. The quantitative estimate of drug-likeness (QED) is 0.664. The second kappa shape index (κ2) is 7.51. The summed E-state index contributed by atoms with van der Waals surface area (Å²) in [5, 5.41) is 5.44. The van der Waals surface area contributed by atoms with Crippen LogP contribution in [0.4, 0.5) is 16.2 Å². The van der Waals surface area contributed by atoms with Crippen molar-refractivity contribution in [2.75, 3.05) is 24.0 Å². The predicted octanol–water partition coefficient (Wildman–Crippen LogP) is 3.84. The van der Waals surface area contributed by atoms with Crippen molar-refractivity contribution < 1.29 is 14.3 Å². The molecule has 0 spiro atoms. The van der Waals surface area contributed by atoms with Crippen LogP contribution in [0.1, 0.15) is 10.4 Å². The van der Waals surface area contributed by atoms with Crippen LogP contribution in [0, 0.1) is 0 Å². The largest absolute Gasteiger partial charge is 0.465 e. The summed E-state index contributed by atoms with van der Waals surface area (Å²) in [5.41, 5.74) is 1.41. The average molecular weight is 316 g/mol. The van der Waals surface area contributed by atoms with E-state index in [0.717, 1.165) is 4.90 Å². The van der Waals surface area contributed by atoms with Crippen molar-refractivity contribution in [2.45, 2.75) is 4.90 Å². The second-order valence-electron chi connectivity index (χ2n) is 4.32. The highest BCUT2D eigenvalue weighted by atomic mass is 32.2. The first-order chi connectivity index (χ1) is 10.7. The van der Waals surface area contributed by atoms with Crippen LogP contribution in [-0.2, 0) is 4.74 Å². The minimum absolute atomic E-state index is 0.304. The van der Waals surface area contributed by atoms with E-state index in [0.29, 0.717) is 16.9 Å². The zero-order chi connectivity index (χ0) is 15.9. The summed E-state index contributed by atoms with van der Waals surface area (Å²) in [6, 6.07) is 13.7. The lowest BCUT2D eigenvalue weighted by Gasteiger charge is -2.12. The highest BCUT2D eigenvalue weighted by molar-refractivity contribution is 7.98. The number of nitrogens with one attached hydrogen (secondary N) is 2. The van der Waals surface area contributed by atoms with Gasteiger partial charge in [-0.25, -0.2) is 9.59 Å². The van der Waals surface area contributed by atoms with Gasteiger partial charge in [-0.15, -0.1) is 11.8 Å². The molecule has 0 saturated heterocycles. The fraction of sp³-hybridized carbons (Fsp3) is 0.125. The summed E-state index contributed by atoms with van der Waals surface area (Å²) in [5.74, 6) is -0.500. The first-order valence-corrected chi connectivity index (χ1v) is 7.76. The van der Waals surface area contributed by atoms with Crippen molar-refractivity contribution >= 4 is 35.1 Å². The van der Waals surface area contributed by atoms with E-state index < -0.39 is 12.0 Å². The third kappa shape index (κ3) is 3.79. The highest BCUT2D eigenvalue weighted by Crippen LogP contribution is 2.25. The summed E-state index contributed by atoms with van der Waals surface area (Å²) in [6.45, 7) is 0. The smallest absolute Gasteiger partial charge is 0.339 e. The Balaban J connectivity index is 2.14. The topological polar surface area (TPSA) is 67.4 Å². The molecule has 2 N–H and O–H groups in total. The van der Waals surface area contributed by atoms with Gasteiger partial charge in [0.2, 0.25) is 0 Å². The maximum absolute atomic E-state index is 12.1. The molecule has 0 aliphatic carbocycles. The fourth-order valence-electron chi connectivity index (χ4n) is 1.90. The molecule has 2 amide bonds. The van der Waals surface area contributed by atoms with Gasteiger partial charge in [0.05, 0.1) is 24.0 Å². The lowest BCUT2D eigenvalue weighted by atomic mass is 10.2. The van der Waals surface area contributed by atoms with Crippen molar-refractivity contribution in [1.29, 1.82) is 0 Å². The average Bonchev–Trinajstić information content (AvgIpc) is 2.55. The van der Waals surface area contributed by atoms with Crippen molar-refractivity contribution in [3.63, 3.8) is 0 Å². The summed E-state index contributed by atoms with van der Waals surface area (Å²) in [7, 11) is 1.30. The molecule has 0 atom stereocenters. The van der Waals surface area contributed by atoms with Gasteiger partial charge < -0.3 is 15.4 Å². The Morgan fingerprint density at radius 2 is 1.55 bits per heavy atom. The molecule has 0 aliphatic heterocycles. The normalized spacial score (nSPS) is 9.91. The number of anilines is 2. The van der Waals surface area contributed by atoms with Gasteiger partial charge >= 0.3 is 12.0 Å². The van der Waals surface area contributed by atoms with E-state index in [1.807, 2.05) is 30.5 Å². The molecule has 0 heterocycles. The number of rotatable bonds is 4. The molecule has 6 heteroatoms. The number of benzene rings is 2. The summed E-state index contributed by atoms with van der Waals surface area (Å²) in [4.78, 5) is 24.8. The number of ether oxygens (including phenoxy) is 1. The third-order valence-corrected chi connectivity index (χ3v) is 3.73. The SMILES string of the molecule is COC(=O)c1ccccc1NC(=O)Nc1ccccc1SC. The number of carbonyl (C=O) groups is 2. The van der Waals surface area contributed by atoms with Crippen molar-refractivity contribution in [3.8, 4) is 0 Å². The second-order valence-corrected chi connectivity index (χ2v) is 5.16. The Morgan fingerprint density at radius 1 is 0.955 bits per heavy atom. The lowest BCUT2D eigenvalue weighted by Crippen LogP contribution is -2.21. The molecule has 0 radical (unpaired) electrons. The molecule has 2 aromatic rings. The zero-order valence-corrected chi connectivity index (χ0v) is 13.1. The third-order valence-electron chi connectivity index (χ3n) is 2.94. The summed E-state index contributed by atoms with van der Waals surface area (Å²) in [6.07, 6.45) is 1.94. The van der Waals surface area contributed by atoms with Gasteiger partial charge in [-0.05, 0) is 30.5 Å². The maximum atomic E-state index is 12.1. The molecule has 0 saturated carbocycles. The molecule has 0 aromatic heterocycles. The molecule has 0 bridgehead atoms. The molecular weight excluding hydrogens is 300 g/mol. The summed E-state index contributed by atoms with van der Waals surface area (Å²) >= 11 is 1.54. The number of thioether (sulfide) groups is 1. The first kappa shape index (κ1) is 15.9. The van der Waals surface area contributed by atoms with E-state index in [-0.39, 0.29) is 0 Å². The van der Waals surface area contributed by atoms with Crippen LogP contribution >= 0.6 is 11.8 Å². The number of methoxy groups -OCH3 is 1. The number of carbonyl (C=O) groups excluding carboxylic acids is 2. The number of para-hydroxylation sites is 2. The van der Waals surface area contributed by atoms with Crippen LogP contribution in [0.5, 0.6) is 0 Å². The molecule has 5 nitrogen and oxygen atoms in total. The van der Waals surface area contributed by atoms with Crippen molar-refractivity contribution in [1.82, 2.24) is 0 Å². The van der Waals surface area contributed by atoms with Crippen molar-refractivity contribution in [2.24, 2.45) is 0 Å². The predicted molar refractivity (Wildman–Crippen MR) is 88.6 cm³/mol. The number of urea groups is 1. The van der Waals surface area contributed by atoms with Crippen LogP contribution in [0.25, 0.3) is 0 Å². The van der Waals surface area contributed by atoms with E-state index in [2.05, 4.69) is 10.6 Å². The molecule has 2 rings (SSSR count). The van der Waals surface area contributed by atoms with E-state index in [1.54, 1.807) is 24.3 Å². The number of esters is 1. The van der Waals surface area contributed by atoms with E-state index in [1.165, 1.54) is 18.9 Å². The van der Waals surface area contributed by atoms with Gasteiger partial charge in [0.15, 0.2) is 0 Å². The van der Waals surface area contributed by atoms with Crippen LogP contribution in [0.15, 0.2) is 53.4 Å². The van der Waals surface area contributed by atoms with Gasteiger partial charge in [-0.2, -0.15) is 0 Å². The summed E-state index contributed by atoms with van der Waals surface area (Å²) < 4.78 is 4.70. The van der Waals surface area contributed by atoms with Crippen LogP contribution in [0.2, 0.25) is 0 Å². The minimum atomic E-state index is -0.500. The monoisotopic (exact) mass is 316 g/mol. The number of amides is 2. The molecular formula is C16H16N2O3S. The van der Waals surface area contributed by atoms with Crippen LogP contribution < -0.4 is 10.6 Å². The number of hydrogen-bond acceptors (Lipinski definition) is 4. The van der Waals surface area contributed by atoms with Gasteiger partial charge in [0.25, 0.3) is 0 Å². The van der Waals surface area contributed by atoms with E-state index in [9.17, 15) is 9.59 Å². The molecule has 0 aliphatic rings. The molecule has 2 aromatic carbocycles. The highest BCUT2D eigenvalue weighted by Gasteiger charge is 2.13. The number of hydrogen-bond donors (Lipinski definition) is 2. The van der Waals surface area contributed by atoms with Crippen molar-refractivity contribution in [3.05, 3.63) is 54.1 Å². The lowest BCUT2D eigenvalue weighted by molar-refractivity contribution is 0.0602. The first-order valence-electron chi connectivity index (χ1n) is 6.54. The van der Waals surface area contributed by atoms with Gasteiger partial charge in [0.1, 0.15) is 0 Å². The Bertz CT molecular complexity index is 689. The Labute approximate surface area is 133 Å². The molecule has 114 valence electrons. The molecule has 0 unspecified atom stereocenters. The van der Waals surface area contributed by atoms with Gasteiger partial charge in [-0.1, -0.05) is 24.3 Å². The zero-order valence-electron chi connectivity index (χ0n) is 12.3. The van der Waals surface area contributed by atoms with Crippen LogP contribution in [0.3, 0.4) is 0 Å².